The topological polar surface area (TPSA) is 0 Å². The molecule has 0 fully saturated rings. The van der Waals surface area contributed by atoms with E-state index < -0.39 is 0 Å². The van der Waals surface area contributed by atoms with Gasteiger partial charge in [0.25, 0.3) is 0 Å². The Kier molecular flexibility index (Phi) is 6.87. The Morgan fingerprint density at radius 2 is 1.82 bits per heavy atom. The number of hydrogen-bond donors (Lipinski definition) is 0. The van der Waals surface area contributed by atoms with E-state index in [1.807, 2.05) is 11.3 Å². The van der Waals surface area contributed by atoms with E-state index in [0.29, 0.717) is 0 Å². The van der Waals surface area contributed by atoms with Crippen LogP contribution in [0.1, 0.15) is 75.5 Å². The average molecular weight is 252 g/mol. The van der Waals surface area contributed by atoms with Crippen LogP contribution in [0.2, 0.25) is 0 Å². The summed E-state index contributed by atoms with van der Waals surface area (Å²) in [5.41, 5.74) is 0. The van der Waals surface area contributed by atoms with Crippen LogP contribution < -0.4 is 0 Å². The van der Waals surface area contributed by atoms with E-state index in [1.54, 1.807) is 9.75 Å². The minimum Gasteiger partial charge on any atom is -0.145 e. The minimum atomic E-state index is 0.810. The van der Waals surface area contributed by atoms with Crippen LogP contribution in [0.3, 0.4) is 0 Å². The minimum absolute atomic E-state index is 0.810. The molecule has 0 aliphatic rings. The zero-order valence-corrected chi connectivity index (χ0v) is 12.8. The van der Waals surface area contributed by atoms with E-state index >= 15 is 0 Å². The molecular formula is C16H28S. The molecule has 0 nitrogen and oxygen atoms in total. The fourth-order valence-corrected chi connectivity index (χ4v) is 3.44. The van der Waals surface area contributed by atoms with Gasteiger partial charge >= 0.3 is 0 Å². The molecule has 1 aromatic heterocycles. The van der Waals surface area contributed by atoms with Crippen LogP contribution in [0.15, 0.2) is 12.1 Å². The molecule has 0 spiro atoms. The zero-order valence-electron chi connectivity index (χ0n) is 12.0. The number of hydrogen-bond acceptors (Lipinski definition) is 1. The van der Waals surface area contributed by atoms with E-state index in [2.05, 4.69) is 39.8 Å². The predicted octanol–water partition coefficient (Wildman–Crippen LogP) is 6.02. The Hall–Kier alpha value is -0.300. The van der Waals surface area contributed by atoms with E-state index in [9.17, 15) is 0 Å². The molecule has 0 aliphatic heterocycles. The molecule has 0 aromatic carbocycles. The van der Waals surface area contributed by atoms with Crippen molar-refractivity contribution in [3.05, 3.63) is 21.9 Å². The van der Waals surface area contributed by atoms with Crippen LogP contribution >= 0.6 is 11.3 Å². The summed E-state index contributed by atoms with van der Waals surface area (Å²) in [6.07, 6.45) is 7.99. The average Bonchev–Trinajstić information content (AvgIpc) is 2.82. The number of aryl methyl sites for hydroxylation is 1. The highest BCUT2D eigenvalue weighted by Gasteiger charge is 2.12. The Morgan fingerprint density at radius 3 is 2.35 bits per heavy atom. The summed E-state index contributed by atoms with van der Waals surface area (Å²) in [6, 6.07) is 4.68. The Balaban J connectivity index is 2.42. The van der Waals surface area contributed by atoms with Crippen LogP contribution in [0.25, 0.3) is 0 Å². The van der Waals surface area contributed by atoms with Gasteiger partial charge in [-0.2, -0.15) is 0 Å². The van der Waals surface area contributed by atoms with E-state index in [1.165, 1.54) is 38.5 Å². The molecule has 0 amide bonds. The van der Waals surface area contributed by atoms with Gasteiger partial charge in [-0.3, -0.25) is 0 Å². The molecule has 0 N–H and O–H groups in total. The van der Waals surface area contributed by atoms with Crippen molar-refractivity contribution in [3.8, 4) is 0 Å². The van der Waals surface area contributed by atoms with Crippen LogP contribution in [0, 0.1) is 5.92 Å². The van der Waals surface area contributed by atoms with Crippen LogP contribution in [-0.4, -0.2) is 0 Å². The van der Waals surface area contributed by atoms with Crippen molar-refractivity contribution < 1.29 is 0 Å². The van der Waals surface area contributed by atoms with Gasteiger partial charge in [-0.25, -0.2) is 0 Å². The van der Waals surface area contributed by atoms with Crippen molar-refractivity contribution in [1.29, 1.82) is 0 Å². The second kappa shape index (κ2) is 7.92. The quantitative estimate of drug-likeness (QED) is 0.530. The summed E-state index contributed by atoms with van der Waals surface area (Å²) in [6.45, 7) is 9.26. The predicted molar refractivity (Wildman–Crippen MR) is 80.0 cm³/mol. The second-order valence-corrected chi connectivity index (χ2v) is 6.41. The zero-order chi connectivity index (χ0) is 12.7. The first kappa shape index (κ1) is 14.8. The highest BCUT2D eigenvalue weighted by Crippen LogP contribution is 2.32. The standard InChI is InChI=1S/C16H28S/c1-5-13(4)9-8-10-14(6-2)16-12-11-15(7-3)17-16/h11-14H,5-10H2,1-4H3. The molecule has 98 valence electrons. The Labute approximate surface area is 111 Å². The largest absolute Gasteiger partial charge is 0.145 e. The maximum Gasteiger partial charge on any atom is 0.00790 e. The van der Waals surface area contributed by atoms with Gasteiger partial charge in [0.15, 0.2) is 0 Å². The molecule has 1 aromatic rings. The molecular weight excluding hydrogens is 224 g/mol. The van der Waals surface area contributed by atoms with Gasteiger partial charge < -0.3 is 0 Å². The molecule has 0 bridgehead atoms. The maximum atomic E-state index is 2.38. The lowest BCUT2D eigenvalue weighted by atomic mass is 9.94. The van der Waals surface area contributed by atoms with Crippen molar-refractivity contribution in [3.63, 3.8) is 0 Å². The first-order valence-corrected chi connectivity index (χ1v) is 8.11. The fraction of sp³-hybridized carbons (Fsp3) is 0.750. The lowest BCUT2D eigenvalue weighted by Crippen LogP contribution is -1.98. The summed E-state index contributed by atoms with van der Waals surface area (Å²) < 4.78 is 0. The van der Waals surface area contributed by atoms with E-state index in [4.69, 9.17) is 0 Å². The van der Waals surface area contributed by atoms with Gasteiger partial charge in [0.2, 0.25) is 0 Å². The smallest absolute Gasteiger partial charge is 0.00790 e. The highest BCUT2D eigenvalue weighted by atomic mass is 32.1. The molecule has 2 atom stereocenters. The highest BCUT2D eigenvalue weighted by molar-refractivity contribution is 7.12. The van der Waals surface area contributed by atoms with Crippen molar-refractivity contribution >= 4 is 11.3 Å². The summed E-state index contributed by atoms with van der Waals surface area (Å²) in [7, 11) is 0. The van der Waals surface area contributed by atoms with Crippen LogP contribution in [0.5, 0.6) is 0 Å². The van der Waals surface area contributed by atoms with Crippen LogP contribution in [-0.2, 0) is 6.42 Å². The lowest BCUT2D eigenvalue weighted by molar-refractivity contribution is 0.460. The number of thiophene rings is 1. The van der Waals surface area contributed by atoms with Gasteiger partial charge in [-0.1, -0.05) is 47.0 Å². The van der Waals surface area contributed by atoms with E-state index in [-0.39, 0.29) is 0 Å². The molecule has 0 aliphatic carbocycles. The third kappa shape index (κ3) is 4.83. The molecule has 0 saturated carbocycles. The normalized spacial score (nSPS) is 14.8. The summed E-state index contributed by atoms with van der Waals surface area (Å²) in [5, 5.41) is 0. The number of rotatable bonds is 8. The Morgan fingerprint density at radius 1 is 1.06 bits per heavy atom. The summed E-state index contributed by atoms with van der Waals surface area (Å²) in [4.78, 5) is 3.16. The van der Waals surface area contributed by atoms with Gasteiger partial charge in [-0.15, -0.1) is 11.3 Å². The van der Waals surface area contributed by atoms with Crippen molar-refractivity contribution in [1.82, 2.24) is 0 Å². The van der Waals surface area contributed by atoms with Crippen molar-refractivity contribution in [2.45, 2.75) is 72.1 Å². The first-order chi connectivity index (χ1) is 8.21. The molecule has 0 saturated heterocycles. The Bertz CT molecular complexity index is 300. The second-order valence-electron chi connectivity index (χ2n) is 5.21. The molecule has 1 rings (SSSR count). The third-order valence-corrected chi connectivity index (χ3v) is 5.26. The van der Waals surface area contributed by atoms with Crippen molar-refractivity contribution in [2.75, 3.05) is 0 Å². The van der Waals surface area contributed by atoms with Gasteiger partial charge in [0.05, 0.1) is 0 Å². The third-order valence-electron chi connectivity index (χ3n) is 3.87. The molecule has 17 heavy (non-hydrogen) atoms. The lowest BCUT2D eigenvalue weighted by Gasteiger charge is -2.14. The molecule has 1 heteroatoms. The van der Waals surface area contributed by atoms with Gasteiger partial charge in [-0.05, 0) is 43.2 Å². The molecule has 1 heterocycles. The monoisotopic (exact) mass is 252 g/mol. The van der Waals surface area contributed by atoms with Gasteiger partial charge in [0.1, 0.15) is 0 Å². The van der Waals surface area contributed by atoms with Gasteiger partial charge in [0, 0.05) is 9.75 Å². The first-order valence-electron chi connectivity index (χ1n) is 7.29. The fourth-order valence-electron chi connectivity index (χ4n) is 2.27. The van der Waals surface area contributed by atoms with Crippen molar-refractivity contribution in [2.24, 2.45) is 5.92 Å². The van der Waals surface area contributed by atoms with E-state index in [0.717, 1.165) is 11.8 Å². The summed E-state index contributed by atoms with van der Waals surface area (Å²) in [5.74, 6) is 1.71. The maximum absolute atomic E-state index is 2.38. The SMILES string of the molecule is CCc1ccc(C(CC)CCCC(C)CC)s1. The molecule has 2 unspecified atom stereocenters. The van der Waals surface area contributed by atoms with Crippen LogP contribution in [0.4, 0.5) is 0 Å². The summed E-state index contributed by atoms with van der Waals surface area (Å²) >= 11 is 2.03. The molecule has 0 radical (unpaired) electrons.